The van der Waals surface area contributed by atoms with Crippen LogP contribution in [-0.2, 0) is 0 Å². The first-order chi connectivity index (χ1) is 28.6. The predicted octanol–water partition coefficient (Wildman–Crippen LogP) is 13.5. The van der Waals surface area contributed by atoms with Gasteiger partial charge >= 0.3 is 0 Å². The van der Waals surface area contributed by atoms with Gasteiger partial charge in [0.05, 0.1) is 11.0 Å². The second kappa shape index (κ2) is 15.3. The van der Waals surface area contributed by atoms with Crippen LogP contribution in [0.3, 0.4) is 0 Å². The number of imide groups is 1. The topological polar surface area (TPSA) is 71.8 Å². The third kappa shape index (κ3) is 5.89. The van der Waals surface area contributed by atoms with E-state index < -0.39 is 0 Å². The lowest BCUT2D eigenvalue weighted by atomic mass is 9.83. The molecule has 6 heteroatoms. The zero-order valence-corrected chi connectivity index (χ0v) is 33.7. The van der Waals surface area contributed by atoms with Crippen molar-refractivity contribution in [1.82, 2.24) is 14.3 Å². The summed E-state index contributed by atoms with van der Waals surface area (Å²) in [7, 11) is 0. The van der Waals surface area contributed by atoms with Gasteiger partial charge in [0.2, 0.25) is 0 Å². The molecule has 7 aromatic carbocycles. The molecule has 0 atom stereocenters. The van der Waals surface area contributed by atoms with Crippen molar-refractivity contribution < 1.29 is 9.59 Å². The fourth-order valence-corrected chi connectivity index (χ4v) is 10.4. The van der Waals surface area contributed by atoms with Crippen LogP contribution in [0.25, 0.3) is 81.3 Å². The summed E-state index contributed by atoms with van der Waals surface area (Å²) >= 11 is 0. The smallest absolute Gasteiger partial charge is 0.264 e. The van der Waals surface area contributed by atoms with E-state index in [1.807, 2.05) is 60.7 Å². The predicted molar refractivity (Wildman–Crippen MR) is 241 cm³/mol. The number of carbonyl (C=O) groups excluding carboxylic acids is 2. The van der Waals surface area contributed by atoms with Crippen LogP contribution in [0.5, 0.6) is 0 Å². The minimum absolute atomic E-state index is 0.0892. The molecule has 2 aromatic heterocycles. The molecule has 0 radical (unpaired) electrons. The second-order valence-electron chi connectivity index (χ2n) is 16.9. The fourth-order valence-electron chi connectivity index (χ4n) is 10.4. The number of amides is 2. The molecule has 6 nitrogen and oxygen atoms in total. The molecule has 0 saturated carbocycles. The largest absolute Gasteiger partial charge is 0.274 e. The highest BCUT2D eigenvalue weighted by molar-refractivity contribution is 6.41. The van der Waals surface area contributed by atoms with Crippen LogP contribution in [0.4, 0.5) is 0 Å². The maximum absolute atomic E-state index is 14.5. The number of hydrogen-bond acceptors (Lipinski definition) is 4. The lowest BCUT2D eigenvalue weighted by molar-refractivity contribution is 0.0607. The molecule has 0 spiro atoms. The Morgan fingerprint density at radius 2 is 0.914 bits per heavy atom. The summed E-state index contributed by atoms with van der Waals surface area (Å²) in [6.45, 7) is 2.72. The van der Waals surface area contributed by atoms with Crippen molar-refractivity contribution in [2.45, 2.75) is 110 Å². The number of hydrogen-bond donors (Lipinski definition) is 0. The standard InChI is InChI=1S/C52H51N3O3/c1-2-3-4-5-6-7-8-9-10-11-12-13-14-15-16-17-32-54-50(56)39-29-25-36-34-24-28-38-47-41(31-27-35(45(34)47)37-26-30-40(51(54)57)48(39)46(36)37)52(58)55-43-23-19-21-33-20-18-22-42(44(33)43)53-49(38)55/h18-31H,2-17,32H2,1H3. The van der Waals surface area contributed by atoms with E-state index in [0.717, 1.165) is 89.5 Å². The first kappa shape index (κ1) is 36.7. The van der Waals surface area contributed by atoms with Crippen LogP contribution in [0, 0.1) is 0 Å². The van der Waals surface area contributed by atoms with E-state index in [1.165, 1.54) is 88.4 Å². The first-order valence-electron chi connectivity index (χ1n) is 22.1. The van der Waals surface area contributed by atoms with Crippen molar-refractivity contribution >= 4 is 93.1 Å². The highest BCUT2D eigenvalue weighted by atomic mass is 16.2. The Morgan fingerprint density at radius 1 is 0.448 bits per heavy atom. The number of benzene rings is 7. The second-order valence-corrected chi connectivity index (χ2v) is 16.9. The summed E-state index contributed by atoms with van der Waals surface area (Å²) in [6, 6.07) is 28.3. The number of nitrogens with zero attached hydrogens (tertiary/aromatic N) is 3. The molecule has 1 aliphatic rings. The highest BCUT2D eigenvalue weighted by Gasteiger charge is 2.34. The number of fused-ring (bicyclic) bond motifs is 5. The van der Waals surface area contributed by atoms with Crippen molar-refractivity contribution in [3.63, 3.8) is 0 Å². The minimum Gasteiger partial charge on any atom is -0.274 e. The van der Waals surface area contributed by atoms with Crippen LogP contribution < -0.4 is 5.56 Å². The van der Waals surface area contributed by atoms with Crippen LogP contribution in [-0.4, -0.2) is 32.6 Å². The summed E-state index contributed by atoms with van der Waals surface area (Å²) in [5.41, 5.74) is 3.45. The van der Waals surface area contributed by atoms with Gasteiger partial charge in [-0.25, -0.2) is 4.98 Å². The van der Waals surface area contributed by atoms with Crippen molar-refractivity contribution in [2.24, 2.45) is 0 Å². The number of carbonyl (C=O) groups is 2. The molecule has 58 heavy (non-hydrogen) atoms. The maximum Gasteiger partial charge on any atom is 0.264 e. The van der Waals surface area contributed by atoms with Crippen LogP contribution in [0.2, 0.25) is 0 Å². The quantitative estimate of drug-likeness (QED) is 0.0400. The summed E-state index contributed by atoms with van der Waals surface area (Å²) in [5, 5.41) is 11.2. The molecule has 0 N–H and O–H groups in total. The Hall–Kier alpha value is -5.62. The van der Waals surface area contributed by atoms with Gasteiger partial charge in [-0.1, -0.05) is 152 Å². The molecule has 9 aromatic rings. The van der Waals surface area contributed by atoms with E-state index in [2.05, 4.69) is 31.2 Å². The van der Waals surface area contributed by atoms with Gasteiger partial charge in [0.1, 0.15) is 5.65 Å². The summed E-state index contributed by atoms with van der Waals surface area (Å²) in [5.74, 6) is -0.399. The molecule has 0 aliphatic carbocycles. The van der Waals surface area contributed by atoms with Gasteiger partial charge in [0.15, 0.2) is 0 Å². The number of pyridine rings is 1. The van der Waals surface area contributed by atoms with Gasteiger partial charge in [0, 0.05) is 44.6 Å². The average Bonchev–Trinajstić information content (AvgIpc) is 3.25. The van der Waals surface area contributed by atoms with E-state index >= 15 is 0 Å². The highest BCUT2D eigenvalue weighted by Crippen LogP contribution is 2.46. The lowest BCUT2D eigenvalue weighted by Gasteiger charge is -2.28. The van der Waals surface area contributed by atoms with Crippen molar-refractivity contribution in [2.75, 3.05) is 6.54 Å². The van der Waals surface area contributed by atoms with Crippen molar-refractivity contribution in [3.8, 4) is 0 Å². The third-order valence-electron chi connectivity index (χ3n) is 13.3. The molecule has 3 heterocycles. The van der Waals surface area contributed by atoms with Crippen LogP contribution in [0.15, 0.2) is 89.7 Å². The lowest BCUT2D eigenvalue weighted by Crippen LogP contribution is -2.40. The number of rotatable bonds is 17. The summed E-state index contributed by atoms with van der Waals surface area (Å²) in [4.78, 5) is 49.2. The molecule has 0 bridgehead atoms. The monoisotopic (exact) mass is 765 g/mol. The molecule has 10 rings (SSSR count). The average molecular weight is 766 g/mol. The van der Waals surface area contributed by atoms with E-state index in [0.29, 0.717) is 28.7 Å². The van der Waals surface area contributed by atoms with Crippen LogP contribution >= 0.6 is 0 Å². The zero-order chi connectivity index (χ0) is 39.3. The Balaban J connectivity index is 0.887. The Bertz CT molecular complexity index is 3010. The number of aromatic nitrogens is 2. The molecule has 2 amide bonds. The molecule has 0 fully saturated rings. The van der Waals surface area contributed by atoms with Gasteiger partial charge in [-0.15, -0.1) is 0 Å². The summed E-state index contributed by atoms with van der Waals surface area (Å²) in [6.07, 6.45) is 20.6. The minimum atomic E-state index is -0.200. The van der Waals surface area contributed by atoms with E-state index in [9.17, 15) is 14.4 Å². The normalized spacial score (nSPS) is 13.5. The van der Waals surface area contributed by atoms with Crippen molar-refractivity contribution in [1.29, 1.82) is 0 Å². The molecule has 292 valence electrons. The van der Waals surface area contributed by atoms with Crippen LogP contribution in [0.1, 0.15) is 130 Å². The van der Waals surface area contributed by atoms with E-state index in [4.69, 9.17) is 4.98 Å². The van der Waals surface area contributed by atoms with Crippen molar-refractivity contribution in [3.05, 3.63) is 106 Å². The maximum atomic E-state index is 14.5. The van der Waals surface area contributed by atoms with E-state index in [1.54, 1.807) is 4.40 Å². The first-order valence-corrected chi connectivity index (χ1v) is 22.1. The summed E-state index contributed by atoms with van der Waals surface area (Å²) < 4.78 is 1.78. The molecule has 0 unspecified atom stereocenters. The number of unbranched alkanes of at least 4 members (excludes halogenated alkanes) is 15. The van der Waals surface area contributed by atoms with Gasteiger partial charge in [-0.2, -0.15) is 0 Å². The Labute approximate surface area is 338 Å². The molecule has 0 saturated heterocycles. The molecular formula is C52H51N3O3. The third-order valence-corrected chi connectivity index (χ3v) is 13.3. The molecular weight excluding hydrogens is 715 g/mol. The Kier molecular flexibility index (Phi) is 9.67. The van der Waals surface area contributed by atoms with Gasteiger partial charge in [0.25, 0.3) is 17.4 Å². The SMILES string of the molecule is CCCCCCCCCCCCCCCCCCN1C(=O)c2ccc3c4ccc5c(=O)n6c7cccc8cccc(nc6c6ccc(c9ccc(c2c39)C1=O)c4c56)c87. The Morgan fingerprint density at radius 3 is 1.50 bits per heavy atom. The van der Waals surface area contributed by atoms with Gasteiger partial charge in [-0.3, -0.25) is 23.7 Å². The van der Waals surface area contributed by atoms with Gasteiger partial charge in [-0.05, 0) is 80.5 Å². The molecule has 1 aliphatic heterocycles. The fraction of sp³-hybridized carbons (Fsp3) is 0.346. The van der Waals surface area contributed by atoms with Gasteiger partial charge < -0.3 is 0 Å². The zero-order valence-electron chi connectivity index (χ0n) is 33.7. The van der Waals surface area contributed by atoms with E-state index in [-0.39, 0.29) is 17.4 Å².